The van der Waals surface area contributed by atoms with Crippen LogP contribution < -0.4 is 5.73 Å². The van der Waals surface area contributed by atoms with Gasteiger partial charge in [0, 0.05) is 24.0 Å². The van der Waals surface area contributed by atoms with Crippen LogP contribution in [-0.2, 0) is 6.54 Å². The van der Waals surface area contributed by atoms with E-state index in [1.807, 2.05) is 6.07 Å². The van der Waals surface area contributed by atoms with Crippen LogP contribution >= 0.6 is 0 Å². The van der Waals surface area contributed by atoms with E-state index in [2.05, 4.69) is 73.1 Å². The Balaban J connectivity index is 2.01. The number of benzene rings is 2. The third-order valence-corrected chi connectivity index (χ3v) is 3.97. The standard InChI is InChI=1S/C19H20N2/c1-14-11-17(18(20)12-15(14)2)19-9-6-10-21(19)13-16-7-4-3-5-8-16/h3-12H,13,20H2,1-2H3. The molecule has 1 heterocycles. The minimum absolute atomic E-state index is 0.839. The van der Waals surface area contributed by atoms with Gasteiger partial charge in [-0.3, -0.25) is 0 Å². The van der Waals surface area contributed by atoms with Gasteiger partial charge in [-0.25, -0.2) is 0 Å². The summed E-state index contributed by atoms with van der Waals surface area (Å²) in [7, 11) is 0. The number of aromatic nitrogens is 1. The van der Waals surface area contributed by atoms with Gasteiger partial charge < -0.3 is 10.3 Å². The maximum Gasteiger partial charge on any atom is 0.0504 e. The van der Waals surface area contributed by atoms with Gasteiger partial charge in [0.1, 0.15) is 0 Å². The van der Waals surface area contributed by atoms with E-state index in [1.54, 1.807) is 0 Å². The van der Waals surface area contributed by atoms with Gasteiger partial charge in [-0.2, -0.15) is 0 Å². The van der Waals surface area contributed by atoms with Gasteiger partial charge in [0.2, 0.25) is 0 Å². The number of nitrogens with zero attached hydrogens (tertiary/aromatic N) is 1. The first-order chi connectivity index (χ1) is 10.1. The average Bonchev–Trinajstić information content (AvgIpc) is 2.92. The van der Waals surface area contributed by atoms with Gasteiger partial charge in [0.25, 0.3) is 0 Å². The third-order valence-electron chi connectivity index (χ3n) is 3.97. The molecule has 0 atom stereocenters. The van der Waals surface area contributed by atoms with Crippen LogP contribution in [0.1, 0.15) is 16.7 Å². The van der Waals surface area contributed by atoms with Crippen LogP contribution in [0.4, 0.5) is 5.69 Å². The molecular weight excluding hydrogens is 256 g/mol. The number of nitrogen functional groups attached to an aromatic ring is 1. The second kappa shape index (κ2) is 5.49. The van der Waals surface area contributed by atoms with Gasteiger partial charge in [-0.15, -0.1) is 0 Å². The first-order valence-electron chi connectivity index (χ1n) is 7.21. The Hall–Kier alpha value is -2.48. The zero-order valence-corrected chi connectivity index (χ0v) is 12.5. The molecule has 0 unspecified atom stereocenters. The molecule has 0 fully saturated rings. The van der Waals surface area contributed by atoms with E-state index >= 15 is 0 Å². The maximum atomic E-state index is 6.23. The number of rotatable bonds is 3. The number of hydrogen-bond donors (Lipinski definition) is 1. The smallest absolute Gasteiger partial charge is 0.0504 e. The van der Waals surface area contributed by atoms with Crippen molar-refractivity contribution in [1.29, 1.82) is 0 Å². The largest absolute Gasteiger partial charge is 0.398 e. The number of anilines is 1. The quantitative estimate of drug-likeness (QED) is 0.706. The van der Waals surface area contributed by atoms with Gasteiger partial charge in [0.15, 0.2) is 0 Å². The van der Waals surface area contributed by atoms with Gasteiger partial charge in [-0.05, 0) is 54.8 Å². The highest BCUT2D eigenvalue weighted by molar-refractivity contribution is 5.76. The summed E-state index contributed by atoms with van der Waals surface area (Å²) in [5.41, 5.74) is 13.1. The van der Waals surface area contributed by atoms with Gasteiger partial charge >= 0.3 is 0 Å². The summed E-state index contributed by atoms with van der Waals surface area (Å²) >= 11 is 0. The summed E-state index contributed by atoms with van der Waals surface area (Å²) in [5, 5.41) is 0. The van der Waals surface area contributed by atoms with Gasteiger partial charge in [0.05, 0.1) is 5.69 Å². The Kier molecular flexibility index (Phi) is 3.53. The molecule has 1 aromatic heterocycles. The summed E-state index contributed by atoms with van der Waals surface area (Å²) in [6.45, 7) is 5.08. The average molecular weight is 276 g/mol. The minimum Gasteiger partial charge on any atom is -0.398 e. The zero-order valence-electron chi connectivity index (χ0n) is 12.5. The molecule has 0 saturated heterocycles. The van der Waals surface area contributed by atoms with Crippen molar-refractivity contribution in [1.82, 2.24) is 4.57 Å². The first kappa shape index (κ1) is 13.5. The Labute approximate surface area is 125 Å². The molecule has 106 valence electrons. The minimum atomic E-state index is 0.839. The lowest BCUT2D eigenvalue weighted by molar-refractivity contribution is 0.814. The molecule has 2 N–H and O–H groups in total. The van der Waals surface area contributed by atoms with Crippen LogP contribution in [0, 0.1) is 13.8 Å². The maximum absolute atomic E-state index is 6.23. The predicted octanol–water partition coefficient (Wildman–Crippen LogP) is 4.40. The second-order valence-corrected chi connectivity index (χ2v) is 5.53. The van der Waals surface area contributed by atoms with Crippen molar-refractivity contribution < 1.29 is 0 Å². The van der Waals surface area contributed by atoms with Crippen molar-refractivity contribution in [2.75, 3.05) is 5.73 Å². The highest BCUT2D eigenvalue weighted by Gasteiger charge is 2.09. The number of nitrogens with two attached hydrogens (primary N) is 1. The second-order valence-electron chi connectivity index (χ2n) is 5.53. The summed E-state index contributed by atoms with van der Waals surface area (Å²) in [6, 6.07) is 18.9. The molecule has 0 bridgehead atoms. The third kappa shape index (κ3) is 2.70. The lowest BCUT2D eigenvalue weighted by Gasteiger charge is -2.13. The van der Waals surface area contributed by atoms with Crippen LogP contribution in [0.5, 0.6) is 0 Å². The summed E-state index contributed by atoms with van der Waals surface area (Å²) in [6.07, 6.45) is 2.11. The lowest BCUT2D eigenvalue weighted by Crippen LogP contribution is -2.02. The molecule has 3 rings (SSSR count). The van der Waals surface area contributed by atoms with E-state index in [1.165, 1.54) is 22.4 Å². The molecule has 0 aliphatic carbocycles. The Bertz CT molecular complexity index is 754. The molecule has 2 heteroatoms. The van der Waals surface area contributed by atoms with Crippen LogP contribution in [0.25, 0.3) is 11.3 Å². The van der Waals surface area contributed by atoms with Crippen LogP contribution in [-0.4, -0.2) is 4.57 Å². The highest BCUT2D eigenvalue weighted by atomic mass is 15.0. The van der Waals surface area contributed by atoms with Crippen LogP contribution in [0.3, 0.4) is 0 Å². The van der Waals surface area contributed by atoms with Crippen molar-refractivity contribution in [2.24, 2.45) is 0 Å². The molecule has 0 aliphatic heterocycles. The number of hydrogen-bond acceptors (Lipinski definition) is 1. The highest BCUT2D eigenvalue weighted by Crippen LogP contribution is 2.29. The van der Waals surface area contributed by atoms with E-state index < -0.39 is 0 Å². The van der Waals surface area contributed by atoms with Gasteiger partial charge in [-0.1, -0.05) is 30.3 Å². The fraction of sp³-hybridized carbons (Fsp3) is 0.158. The summed E-state index contributed by atoms with van der Waals surface area (Å²) < 4.78 is 2.25. The van der Waals surface area contributed by atoms with Crippen molar-refractivity contribution in [2.45, 2.75) is 20.4 Å². The summed E-state index contributed by atoms with van der Waals surface area (Å²) in [4.78, 5) is 0. The molecule has 0 saturated carbocycles. The zero-order chi connectivity index (χ0) is 14.8. The lowest BCUT2D eigenvalue weighted by atomic mass is 10.0. The Morgan fingerprint density at radius 2 is 1.62 bits per heavy atom. The van der Waals surface area contributed by atoms with Crippen LogP contribution in [0.2, 0.25) is 0 Å². The monoisotopic (exact) mass is 276 g/mol. The normalized spacial score (nSPS) is 10.8. The van der Waals surface area contributed by atoms with Crippen molar-refractivity contribution >= 4 is 5.69 Å². The van der Waals surface area contributed by atoms with Crippen molar-refractivity contribution in [3.8, 4) is 11.3 Å². The van der Waals surface area contributed by atoms with E-state index in [9.17, 15) is 0 Å². The Morgan fingerprint density at radius 1 is 0.905 bits per heavy atom. The molecule has 0 amide bonds. The molecule has 2 aromatic carbocycles. The number of aryl methyl sites for hydroxylation is 2. The van der Waals surface area contributed by atoms with E-state index in [4.69, 9.17) is 5.73 Å². The van der Waals surface area contributed by atoms with Crippen molar-refractivity contribution in [3.05, 3.63) is 77.5 Å². The molecule has 3 aromatic rings. The van der Waals surface area contributed by atoms with Crippen molar-refractivity contribution in [3.63, 3.8) is 0 Å². The van der Waals surface area contributed by atoms with E-state index in [-0.39, 0.29) is 0 Å². The summed E-state index contributed by atoms with van der Waals surface area (Å²) in [5.74, 6) is 0. The SMILES string of the molecule is Cc1cc(N)c(-c2cccn2Cc2ccccc2)cc1C. The van der Waals surface area contributed by atoms with E-state index in [0.29, 0.717) is 0 Å². The van der Waals surface area contributed by atoms with E-state index in [0.717, 1.165) is 17.8 Å². The predicted molar refractivity (Wildman–Crippen MR) is 89.3 cm³/mol. The molecule has 0 aliphatic rings. The first-order valence-corrected chi connectivity index (χ1v) is 7.21. The topological polar surface area (TPSA) is 30.9 Å². The fourth-order valence-electron chi connectivity index (χ4n) is 2.64. The molecule has 21 heavy (non-hydrogen) atoms. The van der Waals surface area contributed by atoms with Crippen LogP contribution in [0.15, 0.2) is 60.8 Å². The molecular formula is C19H20N2. The fourth-order valence-corrected chi connectivity index (χ4v) is 2.64. The molecule has 0 spiro atoms. The molecule has 2 nitrogen and oxygen atoms in total. The molecule has 0 radical (unpaired) electrons. The Morgan fingerprint density at radius 3 is 2.38 bits per heavy atom.